The number of hydrogen-bond donors (Lipinski definition) is 2. The van der Waals surface area contributed by atoms with Crippen LogP contribution in [0.15, 0.2) is 40.7 Å². The lowest BCUT2D eigenvalue weighted by Gasteiger charge is -2.27. The first-order chi connectivity index (χ1) is 14.2. The zero-order chi connectivity index (χ0) is 20.1. The molecule has 30 heavy (non-hydrogen) atoms. The number of amides is 1. The number of rotatable bonds is 7. The van der Waals surface area contributed by atoms with E-state index in [4.69, 9.17) is 4.74 Å². The van der Waals surface area contributed by atoms with Crippen molar-refractivity contribution in [1.82, 2.24) is 15.5 Å². The number of benzene rings is 1. The third kappa shape index (κ3) is 6.10. The maximum absolute atomic E-state index is 12.6. The van der Waals surface area contributed by atoms with Crippen molar-refractivity contribution in [3.63, 3.8) is 0 Å². The van der Waals surface area contributed by atoms with Crippen molar-refractivity contribution in [3.8, 4) is 5.75 Å². The summed E-state index contributed by atoms with van der Waals surface area (Å²) < 4.78 is 5.97. The summed E-state index contributed by atoms with van der Waals surface area (Å²) in [5.41, 5.74) is 2.36. The SMILES string of the molecule is CN=C(NCC(=O)N1CCc2sccc2C1)NCc1ccccc1OCC1CC1.I. The molecule has 2 heterocycles. The van der Waals surface area contributed by atoms with E-state index in [9.17, 15) is 4.79 Å². The van der Waals surface area contributed by atoms with Gasteiger partial charge in [-0.05, 0) is 48.3 Å². The molecule has 0 atom stereocenters. The maximum atomic E-state index is 12.6. The Hall–Kier alpha value is -1.81. The molecule has 2 aromatic rings. The summed E-state index contributed by atoms with van der Waals surface area (Å²) in [6.07, 6.45) is 3.49. The molecule has 0 bridgehead atoms. The summed E-state index contributed by atoms with van der Waals surface area (Å²) in [7, 11) is 1.72. The molecule has 1 fully saturated rings. The number of hydrogen-bond acceptors (Lipinski definition) is 4. The normalized spacial score (nSPS) is 15.8. The average molecular weight is 540 g/mol. The summed E-state index contributed by atoms with van der Waals surface area (Å²) in [5.74, 6) is 2.34. The van der Waals surface area contributed by atoms with Crippen molar-refractivity contribution in [2.24, 2.45) is 10.9 Å². The van der Waals surface area contributed by atoms with E-state index in [1.54, 1.807) is 18.4 Å². The number of aliphatic imine (C=N–C) groups is 1. The van der Waals surface area contributed by atoms with Gasteiger partial charge in [-0.25, -0.2) is 0 Å². The lowest BCUT2D eigenvalue weighted by molar-refractivity contribution is -0.130. The van der Waals surface area contributed by atoms with E-state index in [1.165, 1.54) is 23.3 Å². The van der Waals surface area contributed by atoms with Crippen LogP contribution in [0.3, 0.4) is 0 Å². The first-order valence-corrected chi connectivity index (χ1v) is 11.1. The number of carbonyl (C=O) groups excluding carboxylic acids is 1. The van der Waals surface area contributed by atoms with Gasteiger partial charge < -0.3 is 20.3 Å². The van der Waals surface area contributed by atoms with Crippen LogP contribution in [0.5, 0.6) is 5.75 Å². The fraction of sp³-hybridized carbons (Fsp3) is 0.455. The van der Waals surface area contributed by atoms with Crippen LogP contribution in [-0.4, -0.2) is 43.5 Å². The summed E-state index contributed by atoms with van der Waals surface area (Å²) in [6.45, 7) is 3.11. The van der Waals surface area contributed by atoms with Crippen LogP contribution in [0.1, 0.15) is 28.8 Å². The van der Waals surface area contributed by atoms with Gasteiger partial charge in [0.05, 0.1) is 13.2 Å². The van der Waals surface area contributed by atoms with Gasteiger partial charge in [-0.3, -0.25) is 9.79 Å². The fourth-order valence-corrected chi connectivity index (χ4v) is 4.30. The molecule has 0 unspecified atom stereocenters. The highest BCUT2D eigenvalue weighted by Crippen LogP contribution is 2.30. The second-order valence-corrected chi connectivity index (χ2v) is 8.58. The molecule has 1 aliphatic heterocycles. The molecule has 1 aliphatic carbocycles. The van der Waals surface area contributed by atoms with Crippen molar-refractivity contribution in [2.75, 3.05) is 26.7 Å². The predicted octanol–water partition coefficient (Wildman–Crippen LogP) is 3.40. The third-order valence-electron chi connectivity index (χ3n) is 5.38. The molecular formula is C22H29IN4O2S. The molecule has 1 aromatic carbocycles. The van der Waals surface area contributed by atoms with Crippen LogP contribution in [0.4, 0.5) is 0 Å². The number of nitrogens with one attached hydrogen (secondary N) is 2. The zero-order valence-corrected chi connectivity index (χ0v) is 20.4. The van der Waals surface area contributed by atoms with Crippen LogP contribution in [-0.2, 0) is 24.3 Å². The van der Waals surface area contributed by atoms with Crippen molar-refractivity contribution < 1.29 is 9.53 Å². The number of halogens is 1. The molecule has 162 valence electrons. The van der Waals surface area contributed by atoms with Crippen molar-refractivity contribution in [1.29, 1.82) is 0 Å². The molecule has 4 rings (SSSR count). The number of guanidine groups is 1. The molecule has 1 amide bonds. The van der Waals surface area contributed by atoms with E-state index in [1.807, 2.05) is 23.1 Å². The smallest absolute Gasteiger partial charge is 0.242 e. The van der Waals surface area contributed by atoms with E-state index >= 15 is 0 Å². The minimum absolute atomic E-state index is 0. The number of nitrogens with zero attached hydrogens (tertiary/aromatic N) is 2. The van der Waals surface area contributed by atoms with Gasteiger partial charge in [0.25, 0.3) is 0 Å². The highest BCUT2D eigenvalue weighted by atomic mass is 127. The van der Waals surface area contributed by atoms with Gasteiger partial charge in [0.2, 0.25) is 5.91 Å². The van der Waals surface area contributed by atoms with E-state index < -0.39 is 0 Å². The van der Waals surface area contributed by atoms with Gasteiger partial charge in [-0.15, -0.1) is 35.3 Å². The Balaban J connectivity index is 0.00000256. The number of fused-ring (bicyclic) bond motifs is 1. The number of para-hydroxylation sites is 1. The summed E-state index contributed by atoms with van der Waals surface area (Å²) in [6, 6.07) is 10.2. The third-order valence-corrected chi connectivity index (χ3v) is 6.40. The van der Waals surface area contributed by atoms with Crippen LogP contribution in [0.25, 0.3) is 0 Å². The Morgan fingerprint density at radius 2 is 2.10 bits per heavy atom. The van der Waals surface area contributed by atoms with Crippen molar-refractivity contribution >= 4 is 47.2 Å². The number of thiophene rings is 1. The molecule has 1 saturated carbocycles. The predicted molar refractivity (Wildman–Crippen MR) is 132 cm³/mol. The zero-order valence-electron chi connectivity index (χ0n) is 17.2. The number of ether oxygens (including phenoxy) is 1. The fourth-order valence-electron chi connectivity index (χ4n) is 3.41. The molecule has 1 aromatic heterocycles. The summed E-state index contributed by atoms with van der Waals surface area (Å²) in [5, 5.41) is 8.54. The summed E-state index contributed by atoms with van der Waals surface area (Å²) in [4.78, 5) is 20.2. The van der Waals surface area contributed by atoms with Crippen molar-refractivity contribution in [2.45, 2.75) is 32.4 Å². The maximum Gasteiger partial charge on any atom is 0.242 e. The molecule has 6 nitrogen and oxygen atoms in total. The standard InChI is InChI=1S/C22H28N4O2S.HI/c1-23-22(24-12-17-4-2-3-5-19(17)28-15-16-6-7-16)25-13-21(27)26-10-8-20-18(14-26)9-11-29-20;/h2-5,9,11,16H,6-8,10,12-15H2,1H3,(H2,23,24,25);1H. The largest absolute Gasteiger partial charge is 0.493 e. The van der Waals surface area contributed by atoms with Crippen LogP contribution in [0.2, 0.25) is 0 Å². The van der Waals surface area contributed by atoms with Gasteiger partial charge in [-0.2, -0.15) is 0 Å². The molecule has 0 radical (unpaired) electrons. The van der Waals surface area contributed by atoms with Crippen LogP contribution >= 0.6 is 35.3 Å². The minimum Gasteiger partial charge on any atom is -0.493 e. The molecule has 0 spiro atoms. The Labute approximate surface area is 199 Å². The van der Waals surface area contributed by atoms with Gasteiger partial charge in [0, 0.05) is 37.1 Å². The molecule has 0 saturated heterocycles. The Morgan fingerprint density at radius 1 is 1.27 bits per heavy atom. The quantitative estimate of drug-likeness (QED) is 0.321. The first kappa shape index (κ1) is 22.9. The Morgan fingerprint density at radius 3 is 2.90 bits per heavy atom. The van der Waals surface area contributed by atoms with Gasteiger partial charge in [-0.1, -0.05) is 18.2 Å². The lowest BCUT2D eigenvalue weighted by Crippen LogP contribution is -2.45. The second-order valence-electron chi connectivity index (χ2n) is 7.58. The molecule has 2 aliphatic rings. The van der Waals surface area contributed by atoms with E-state index in [0.29, 0.717) is 19.0 Å². The van der Waals surface area contributed by atoms with Gasteiger partial charge >= 0.3 is 0 Å². The molecule has 2 N–H and O–H groups in total. The van der Waals surface area contributed by atoms with E-state index in [0.717, 1.165) is 36.8 Å². The summed E-state index contributed by atoms with van der Waals surface area (Å²) >= 11 is 1.78. The van der Waals surface area contributed by atoms with Gasteiger partial charge in [0.1, 0.15) is 5.75 Å². The number of carbonyl (C=O) groups is 1. The molecular weight excluding hydrogens is 511 g/mol. The Bertz CT molecular complexity index is 882. The highest BCUT2D eigenvalue weighted by molar-refractivity contribution is 14.0. The first-order valence-electron chi connectivity index (χ1n) is 10.2. The monoisotopic (exact) mass is 540 g/mol. The van der Waals surface area contributed by atoms with Crippen LogP contribution < -0.4 is 15.4 Å². The lowest BCUT2D eigenvalue weighted by atomic mass is 10.1. The van der Waals surface area contributed by atoms with Crippen LogP contribution in [0, 0.1) is 5.92 Å². The van der Waals surface area contributed by atoms with E-state index in [-0.39, 0.29) is 36.4 Å². The highest BCUT2D eigenvalue weighted by Gasteiger charge is 2.23. The van der Waals surface area contributed by atoms with Crippen molar-refractivity contribution in [3.05, 3.63) is 51.7 Å². The topological polar surface area (TPSA) is 66.0 Å². The average Bonchev–Trinajstić information content (AvgIpc) is 3.47. The molecule has 8 heteroatoms. The van der Waals surface area contributed by atoms with Gasteiger partial charge in [0.15, 0.2) is 5.96 Å². The Kier molecular flexibility index (Phi) is 8.38. The van der Waals surface area contributed by atoms with E-state index in [2.05, 4.69) is 33.1 Å². The minimum atomic E-state index is 0. The second kappa shape index (κ2) is 11.0.